The van der Waals surface area contributed by atoms with Crippen LogP contribution in [0, 0.1) is 6.92 Å². The van der Waals surface area contributed by atoms with Crippen LogP contribution >= 0.6 is 11.8 Å². The molecule has 2 aliphatic heterocycles. The number of carbonyl (C=O) groups is 1. The molecule has 1 amide bonds. The zero-order valence-corrected chi connectivity index (χ0v) is 14.5. The van der Waals surface area contributed by atoms with Crippen LogP contribution in [0.1, 0.15) is 24.7 Å². The van der Waals surface area contributed by atoms with Crippen molar-refractivity contribution >= 4 is 17.7 Å². The zero-order valence-electron chi connectivity index (χ0n) is 13.7. The van der Waals surface area contributed by atoms with Gasteiger partial charge in [0.15, 0.2) is 6.10 Å². The van der Waals surface area contributed by atoms with Crippen LogP contribution < -0.4 is 4.74 Å². The molecule has 0 radical (unpaired) electrons. The number of hydrogen-bond donors (Lipinski definition) is 0. The highest BCUT2D eigenvalue weighted by molar-refractivity contribution is 7.99. The fraction of sp³-hybridized carbons (Fsp3) is 0.444. The molecule has 0 N–H and O–H groups in total. The predicted molar refractivity (Wildman–Crippen MR) is 93.4 cm³/mol. The molecule has 1 fully saturated rings. The van der Waals surface area contributed by atoms with Crippen LogP contribution in [0.2, 0.25) is 0 Å². The minimum Gasteiger partial charge on any atom is -0.479 e. The molecule has 1 saturated heterocycles. The van der Waals surface area contributed by atoms with Gasteiger partial charge >= 0.3 is 0 Å². The van der Waals surface area contributed by atoms with E-state index in [4.69, 9.17) is 4.74 Å². The van der Waals surface area contributed by atoms with E-state index in [0.717, 1.165) is 42.4 Å². The number of ether oxygens (including phenoxy) is 1. The fourth-order valence-electron chi connectivity index (χ4n) is 3.50. The standard InChI is InChI=1S/C18H21N3O2S/c1-13-19-8-10-21(13)14-5-4-9-20(11-14)18(22)16-12-24-17-7-3-2-6-15(17)23-16/h2-3,6-8,10,14,16H,4-5,9,11-12H2,1H3. The molecule has 2 aromatic rings. The second-order valence-corrected chi connectivity index (χ2v) is 7.39. The third-order valence-electron chi connectivity index (χ3n) is 4.75. The van der Waals surface area contributed by atoms with Gasteiger partial charge in [-0.25, -0.2) is 4.98 Å². The Morgan fingerprint density at radius 2 is 2.25 bits per heavy atom. The maximum Gasteiger partial charge on any atom is 0.264 e. The van der Waals surface area contributed by atoms with Crippen molar-refractivity contribution < 1.29 is 9.53 Å². The molecule has 2 unspecified atom stereocenters. The molecule has 6 heteroatoms. The largest absolute Gasteiger partial charge is 0.479 e. The monoisotopic (exact) mass is 343 g/mol. The number of para-hydroxylation sites is 1. The van der Waals surface area contributed by atoms with Gasteiger partial charge in [0.05, 0.1) is 6.04 Å². The van der Waals surface area contributed by atoms with Gasteiger partial charge in [-0.15, -0.1) is 11.8 Å². The number of carbonyl (C=O) groups excluding carboxylic acids is 1. The third kappa shape index (κ3) is 2.90. The molecule has 1 aromatic carbocycles. The summed E-state index contributed by atoms with van der Waals surface area (Å²) >= 11 is 1.70. The first-order chi connectivity index (χ1) is 11.7. The van der Waals surface area contributed by atoms with Crippen LogP contribution in [0.4, 0.5) is 0 Å². The number of imidazole rings is 1. The van der Waals surface area contributed by atoms with Crippen molar-refractivity contribution in [1.29, 1.82) is 0 Å². The molecule has 1 aromatic heterocycles. The maximum atomic E-state index is 12.9. The highest BCUT2D eigenvalue weighted by Gasteiger charge is 2.33. The molecule has 0 saturated carbocycles. The Kier molecular flexibility index (Phi) is 4.22. The second kappa shape index (κ2) is 6.51. The molecule has 5 nitrogen and oxygen atoms in total. The molecule has 4 rings (SSSR count). The average Bonchev–Trinajstić information content (AvgIpc) is 3.07. The minimum absolute atomic E-state index is 0.111. The number of aryl methyl sites for hydroxylation is 1. The lowest BCUT2D eigenvalue weighted by Gasteiger charge is -2.36. The Hall–Kier alpha value is -1.95. The second-order valence-electron chi connectivity index (χ2n) is 6.33. The van der Waals surface area contributed by atoms with Crippen molar-refractivity contribution in [2.75, 3.05) is 18.8 Å². The molecule has 24 heavy (non-hydrogen) atoms. The van der Waals surface area contributed by atoms with Crippen LogP contribution in [0.3, 0.4) is 0 Å². The van der Waals surface area contributed by atoms with E-state index in [1.807, 2.05) is 48.5 Å². The number of piperidine rings is 1. The Bertz CT molecular complexity index is 745. The predicted octanol–water partition coefficient (Wildman–Crippen LogP) is 2.91. The van der Waals surface area contributed by atoms with Crippen LogP contribution in [0.25, 0.3) is 0 Å². The van der Waals surface area contributed by atoms with Gasteiger partial charge in [0.1, 0.15) is 11.6 Å². The van der Waals surface area contributed by atoms with Gasteiger partial charge in [0.25, 0.3) is 5.91 Å². The van der Waals surface area contributed by atoms with Gasteiger partial charge in [-0.05, 0) is 31.9 Å². The molecule has 0 aliphatic carbocycles. The normalized spacial score (nSPS) is 23.5. The fourth-order valence-corrected chi connectivity index (χ4v) is 4.48. The van der Waals surface area contributed by atoms with E-state index in [9.17, 15) is 4.79 Å². The SMILES string of the molecule is Cc1nccn1C1CCCN(C(=O)C2CSc3ccccc3O2)C1. The van der Waals surface area contributed by atoms with Crippen molar-refractivity contribution in [2.45, 2.75) is 36.8 Å². The summed E-state index contributed by atoms with van der Waals surface area (Å²) < 4.78 is 8.15. The number of amides is 1. The van der Waals surface area contributed by atoms with E-state index in [0.29, 0.717) is 11.8 Å². The summed E-state index contributed by atoms with van der Waals surface area (Å²) in [5.74, 6) is 2.62. The van der Waals surface area contributed by atoms with Gasteiger partial charge in [-0.2, -0.15) is 0 Å². The van der Waals surface area contributed by atoms with Crippen molar-refractivity contribution in [3.05, 3.63) is 42.5 Å². The van der Waals surface area contributed by atoms with Crippen molar-refractivity contribution in [3.8, 4) is 5.75 Å². The molecule has 126 valence electrons. The summed E-state index contributed by atoms with van der Waals surface area (Å²) in [5.41, 5.74) is 0. The molecule has 2 atom stereocenters. The zero-order chi connectivity index (χ0) is 16.5. The van der Waals surface area contributed by atoms with E-state index in [2.05, 4.69) is 9.55 Å². The highest BCUT2D eigenvalue weighted by atomic mass is 32.2. The topological polar surface area (TPSA) is 47.4 Å². The van der Waals surface area contributed by atoms with Crippen LogP contribution in [-0.4, -0.2) is 45.3 Å². The first kappa shape index (κ1) is 15.6. The molecule has 0 spiro atoms. The summed E-state index contributed by atoms with van der Waals surface area (Å²) in [6, 6.07) is 8.24. The lowest BCUT2D eigenvalue weighted by atomic mass is 10.0. The minimum atomic E-state index is -0.382. The summed E-state index contributed by atoms with van der Waals surface area (Å²) in [6.07, 6.45) is 5.56. The molecule has 2 aliphatic rings. The number of hydrogen-bond acceptors (Lipinski definition) is 4. The highest BCUT2D eigenvalue weighted by Crippen LogP contribution is 2.35. The van der Waals surface area contributed by atoms with Crippen molar-refractivity contribution in [3.63, 3.8) is 0 Å². The van der Waals surface area contributed by atoms with Gasteiger partial charge in [-0.3, -0.25) is 4.79 Å². The first-order valence-electron chi connectivity index (χ1n) is 8.39. The quantitative estimate of drug-likeness (QED) is 0.841. The van der Waals surface area contributed by atoms with E-state index < -0.39 is 0 Å². The van der Waals surface area contributed by atoms with Gasteiger partial charge < -0.3 is 14.2 Å². The van der Waals surface area contributed by atoms with E-state index >= 15 is 0 Å². The number of nitrogens with zero attached hydrogens (tertiary/aromatic N) is 3. The smallest absolute Gasteiger partial charge is 0.264 e. The molecule has 3 heterocycles. The maximum absolute atomic E-state index is 12.9. The summed E-state index contributed by atoms with van der Waals surface area (Å²) in [4.78, 5) is 20.3. The number of fused-ring (bicyclic) bond motifs is 1. The van der Waals surface area contributed by atoms with Crippen molar-refractivity contribution in [1.82, 2.24) is 14.5 Å². The van der Waals surface area contributed by atoms with E-state index in [-0.39, 0.29) is 12.0 Å². The Balaban J connectivity index is 1.46. The number of rotatable bonds is 2. The summed E-state index contributed by atoms with van der Waals surface area (Å²) in [6.45, 7) is 3.57. The average molecular weight is 343 g/mol. The van der Waals surface area contributed by atoms with Gasteiger partial charge in [0.2, 0.25) is 0 Å². The first-order valence-corrected chi connectivity index (χ1v) is 9.37. The van der Waals surface area contributed by atoms with Crippen LogP contribution in [0.15, 0.2) is 41.6 Å². The van der Waals surface area contributed by atoms with Gasteiger partial charge in [-0.1, -0.05) is 12.1 Å². The van der Waals surface area contributed by atoms with Gasteiger partial charge in [0, 0.05) is 36.1 Å². The van der Waals surface area contributed by atoms with Crippen LogP contribution in [-0.2, 0) is 4.79 Å². The lowest BCUT2D eigenvalue weighted by Crippen LogP contribution is -2.48. The number of likely N-dealkylation sites (tertiary alicyclic amines) is 1. The Morgan fingerprint density at radius 3 is 3.08 bits per heavy atom. The Morgan fingerprint density at radius 1 is 1.38 bits per heavy atom. The lowest BCUT2D eigenvalue weighted by molar-refractivity contribution is -0.139. The Labute approximate surface area is 146 Å². The molecule has 0 bridgehead atoms. The number of benzene rings is 1. The van der Waals surface area contributed by atoms with Crippen molar-refractivity contribution in [2.24, 2.45) is 0 Å². The molecular formula is C18H21N3O2S. The van der Waals surface area contributed by atoms with E-state index in [1.54, 1.807) is 11.8 Å². The number of aromatic nitrogens is 2. The van der Waals surface area contributed by atoms with E-state index in [1.165, 1.54) is 0 Å². The summed E-state index contributed by atoms with van der Waals surface area (Å²) in [5, 5.41) is 0. The van der Waals surface area contributed by atoms with Crippen LogP contribution in [0.5, 0.6) is 5.75 Å². The summed E-state index contributed by atoms with van der Waals surface area (Å²) in [7, 11) is 0. The molecular weight excluding hydrogens is 322 g/mol. The third-order valence-corrected chi connectivity index (χ3v) is 5.87. The number of thioether (sulfide) groups is 1.